The Kier molecular flexibility index (Phi) is 4.06. The molecule has 0 aromatic heterocycles. The Hall–Kier alpha value is -3.14. The van der Waals surface area contributed by atoms with Crippen molar-refractivity contribution in [3.8, 4) is 28.0 Å². The van der Waals surface area contributed by atoms with E-state index in [0.29, 0.717) is 5.75 Å². The molecule has 0 atom stereocenters. The minimum absolute atomic E-state index is 0.0645. The fraction of sp³-hybridized carbons (Fsp3) is 0.0526. The van der Waals surface area contributed by atoms with Crippen molar-refractivity contribution in [3.63, 3.8) is 0 Å². The van der Waals surface area contributed by atoms with Gasteiger partial charge in [0.15, 0.2) is 0 Å². The summed E-state index contributed by atoms with van der Waals surface area (Å²) in [4.78, 5) is 10.6. The molecular formula is C19H15NO3. The van der Waals surface area contributed by atoms with Crippen LogP contribution >= 0.6 is 0 Å². The zero-order valence-corrected chi connectivity index (χ0v) is 12.6. The highest BCUT2D eigenvalue weighted by molar-refractivity contribution is 5.78. The summed E-state index contributed by atoms with van der Waals surface area (Å²) in [6.07, 6.45) is 0. The molecule has 0 aliphatic heterocycles. The molecule has 3 aromatic rings. The molecule has 0 radical (unpaired) electrons. The molecule has 4 nitrogen and oxygen atoms in total. The van der Waals surface area contributed by atoms with Crippen LogP contribution in [0.4, 0.5) is 5.69 Å². The van der Waals surface area contributed by atoms with Crippen LogP contribution in [0.15, 0.2) is 72.8 Å². The van der Waals surface area contributed by atoms with Crippen molar-refractivity contribution in [1.29, 1.82) is 0 Å². The highest BCUT2D eigenvalue weighted by atomic mass is 16.6. The maximum Gasteiger partial charge on any atom is 0.270 e. The van der Waals surface area contributed by atoms with Crippen LogP contribution in [0.1, 0.15) is 0 Å². The number of rotatable bonds is 4. The molecule has 23 heavy (non-hydrogen) atoms. The van der Waals surface area contributed by atoms with Crippen LogP contribution in [0.25, 0.3) is 22.3 Å². The predicted molar refractivity (Wildman–Crippen MR) is 90.5 cm³/mol. The third-order valence-corrected chi connectivity index (χ3v) is 3.67. The summed E-state index contributed by atoms with van der Waals surface area (Å²) in [5, 5.41) is 11.0. The van der Waals surface area contributed by atoms with Crippen molar-refractivity contribution in [2.45, 2.75) is 0 Å². The topological polar surface area (TPSA) is 52.4 Å². The van der Waals surface area contributed by atoms with Gasteiger partial charge in [-0.2, -0.15) is 0 Å². The van der Waals surface area contributed by atoms with Crippen molar-refractivity contribution < 1.29 is 9.66 Å². The van der Waals surface area contributed by atoms with Crippen molar-refractivity contribution in [1.82, 2.24) is 0 Å². The number of benzene rings is 3. The standard InChI is InChI=1S/C19H15NO3/c1-23-19-11-10-15(14-6-3-2-4-7-14)13-18(19)16-8-5-9-17(12-16)20(21)22/h2-13H,1H3. The van der Waals surface area contributed by atoms with Gasteiger partial charge in [-0.15, -0.1) is 0 Å². The summed E-state index contributed by atoms with van der Waals surface area (Å²) < 4.78 is 5.42. The van der Waals surface area contributed by atoms with Gasteiger partial charge in [0.1, 0.15) is 5.75 Å². The Morgan fingerprint density at radius 3 is 2.26 bits per heavy atom. The number of hydrogen-bond donors (Lipinski definition) is 0. The molecular weight excluding hydrogens is 290 g/mol. The summed E-state index contributed by atoms with van der Waals surface area (Å²) in [7, 11) is 1.60. The van der Waals surface area contributed by atoms with E-state index in [-0.39, 0.29) is 5.69 Å². The largest absolute Gasteiger partial charge is 0.496 e. The summed E-state index contributed by atoms with van der Waals surface area (Å²) in [5.74, 6) is 0.685. The molecule has 0 amide bonds. The molecule has 0 fully saturated rings. The summed E-state index contributed by atoms with van der Waals surface area (Å²) in [6, 6.07) is 22.4. The Morgan fingerprint density at radius 2 is 1.57 bits per heavy atom. The third kappa shape index (κ3) is 3.06. The predicted octanol–water partition coefficient (Wildman–Crippen LogP) is 4.94. The molecule has 0 aliphatic rings. The number of hydrogen-bond acceptors (Lipinski definition) is 3. The number of methoxy groups -OCH3 is 1. The number of nitro groups is 1. The maximum absolute atomic E-state index is 11.0. The van der Waals surface area contributed by atoms with Gasteiger partial charge in [0.05, 0.1) is 12.0 Å². The first-order valence-corrected chi connectivity index (χ1v) is 7.17. The highest BCUT2D eigenvalue weighted by Gasteiger charge is 2.12. The van der Waals surface area contributed by atoms with Crippen molar-refractivity contribution in [2.24, 2.45) is 0 Å². The molecule has 0 bridgehead atoms. The van der Waals surface area contributed by atoms with E-state index < -0.39 is 4.92 Å². The first-order chi connectivity index (χ1) is 11.2. The van der Waals surface area contributed by atoms with Gasteiger partial charge in [-0.25, -0.2) is 0 Å². The Bertz CT molecular complexity index is 844. The van der Waals surface area contributed by atoms with Gasteiger partial charge in [-0.1, -0.05) is 48.5 Å². The lowest BCUT2D eigenvalue weighted by Crippen LogP contribution is -1.91. The lowest BCUT2D eigenvalue weighted by Gasteiger charge is -2.11. The van der Waals surface area contributed by atoms with Gasteiger partial charge in [-0.05, 0) is 28.8 Å². The van der Waals surface area contributed by atoms with Crippen LogP contribution in [-0.4, -0.2) is 12.0 Å². The van der Waals surface area contributed by atoms with Crippen LogP contribution in [0, 0.1) is 10.1 Å². The van der Waals surface area contributed by atoms with Crippen LogP contribution in [0.5, 0.6) is 5.75 Å². The fourth-order valence-corrected chi connectivity index (χ4v) is 2.53. The van der Waals surface area contributed by atoms with E-state index >= 15 is 0 Å². The number of nitro benzene ring substituents is 1. The van der Waals surface area contributed by atoms with Crippen LogP contribution < -0.4 is 4.74 Å². The third-order valence-electron chi connectivity index (χ3n) is 3.67. The summed E-state index contributed by atoms with van der Waals surface area (Å²) >= 11 is 0. The van der Waals surface area contributed by atoms with Crippen LogP contribution in [0.3, 0.4) is 0 Å². The van der Waals surface area contributed by atoms with Gasteiger partial charge in [0.2, 0.25) is 0 Å². The van der Waals surface area contributed by atoms with E-state index in [2.05, 4.69) is 0 Å². The quantitative estimate of drug-likeness (QED) is 0.507. The summed E-state index contributed by atoms with van der Waals surface area (Å²) in [6.45, 7) is 0. The van der Waals surface area contributed by atoms with E-state index in [4.69, 9.17) is 4.74 Å². The van der Waals surface area contributed by atoms with E-state index in [1.807, 2.05) is 54.6 Å². The molecule has 0 saturated carbocycles. The van der Waals surface area contributed by atoms with Gasteiger partial charge in [0.25, 0.3) is 5.69 Å². The van der Waals surface area contributed by atoms with Crippen LogP contribution in [0.2, 0.25) is 0 Å². The number of nitrogens with zero attached hydrogens (tertiary/aromatic N) is 1. The number of ether oxygens (including phenoxy) is 1. The van der Waals surface area contributed by atoms with E-state index in [9.17, 15) is 10.1 Å². The molecule has 114 valence electrons. The van der Waals surface area contributed by atoms with E-state index in [1.54, 1.807) is 19.2 Å². The van der Waals surface area contributed by atoms with Crippen molar-refractivity contribution in [2.75, 3.05) is 7.11 Å². The molecule has 3 rings (SSSR count). The Balaban J connectivity index is 2.14. The van der Waals surface area contributed by atoms with Gasteiger partial charge < -0.3 is 4.74 Å². The van der Waals surface area contributed by atoms with Gasteiger partial charge in [-0.3, -0.25) is 10.1 Å². The second kappa shape index (κ2) is 6.32. The Morgan fingerprint density at radius 1 is 0.826 bits per heavy atom. The molecule has 3 aromatic carbocycles. The fourth-order valence-electron chi connectivity index (χ4n) is 2.53. The molecule has 0 saturated heterocycles. The minimum Gasteiger partial charge on any atom is -0.496 e. The molecule has 0 heterocycles. The van der Waals surface area contributed by atoms with Crippen molar-refractivity contribution in [3.05, 3.63) is 82.9 Å². The zero-order chi connectivity index (χ0) is 16.2. The molecule has 0 unspecified atom stereocenters. The van der Waals surface area contributed by atoms with Crippen molar-refractivity contribution >= 4 is 5.69 Å². The van der Waals surface area contributed by atoms with E-state index in [1.165, 1.54) is 6.07 Å². The van der Waals surface area contributed by atoms with Gasteiger partial charge in [0, 0.05) is 17.7 Å². The Labute approximate surface area is 134 Å². The number of non-ortho nitro benzene ring substituents is 1. The smallest absolute Gasteiger partial charge is 0.270 e. The normalized spacial score (nSPS) is 10.3. The second-order valence-corrected chi connectivity index (χ2v) is 5.09. The molecule has 0 N–H and O–H groups in total. The van der Waals surface area contributed by atoms with E-state index in [0.717, 1.165) is 22.3 Å². The highest BCUT2D eigenvalue weighted by Crippen LogP contribution is 2.35. The minimum atomic E-state index is -0.392. The first-order valence-electron chi connectivity index (χ1n) is 7.17. The average Bonchev–Trinajstić information content (AvgIpc) is 2.62. The maximum atomic E-state index is 11.0. The average molecular weight is 305 g/mol. The monoisotopic (exact) mass is 305 g/mol. The summed E-state index contributed by atoms with van der Waals surface area (Å²) in [5.41, 5.74) is 3.77. The lowest BCUT2D eigenvalue weighted by atomic mass is 9.98. The second-order valence-electron chi connectivity index (χ2n) is 5.09. The lowest BCUT2D eigenvalue weighted by molar-refractivity contribution is -0.384. The van der Waals surface area contributed by atoms with Crippen LogP contribution in [-0.2, 0) is 0 Å². The first kappa shape index (κ1) is 14.8. The molecule has 4 heteroatoms. The molecule has 0 aliphatic carbocycles. The SMILES string of the molecule is COc1ccc(-c2ccccc2)cc1-c1cccc([N+](=O)[O-])c1. The zero-order valence-electron chi connectivity index (χ0n) is 12.6. The van der Waals surface area contributed by atoms with Gasteiger partial charge >= 0.3 is 0 Å². The molecule has 0 spiro atoms.